The van der Waals surface area contributed by atoms with Gasteiger partial charge in [0.05, 0.1) is 26.6 Å². The van der Waals surface area contributed by atoms with Gasteiger partial charge in [0.25, 0.3) is 0 Å². The molecule has 0 radical (unpaired) electrons. The van der Waals surface area contributed by atoms with Crippen LogP contribution in [-0.4, -0.2) is 45.4 Å². The van der Waals surface area contributed by atoms with Crippen LogP contribution in [0.25, 0.3) is 11.6 Å². The van der Waals surface area contributed by atoms with Crippen LogP contribution < -0.4 is 0 Å². The molecule has 2 aromatic rings. The number of ether oxygens (including phenoxy) is 1. The summed E-state index contributed by atoms with van der Waals surface area (Å²) in [6, 6.07) is 3.67. The highest BCUT2D eigenvalue weighted by atomic mass is 32.1. The highest BCUT2D eigenvalue weighted by Gasteiger charge is 2.17. The van der Waals surface area contributed by atoms with Gasteiger partial charge in [-0.2, -0.15) is 0 Å². The van der Waals surface area contributed by atoms with Gasteiger partial charge in [0.15, 0.2) is 16.4 Å². The maximum absolute atomic E-state index is 11.5. The Morgan fingerprint density at radius 2 is 2.26 bits per heavy atom. The molecule has 2 rings (SSSR count). The fourth-order valence-corrected chi connectivity index (χ4v) is 2.67. The van der Waals surface area contributed by atoms with Gasteiger partial charge in [0.2, 0.25) is 0 Å². The molecule has 0 aromatic carbocycles. The van der Waals surface area contributed by atoms with Crippen LogP contribution in [0, 0.1) is 4.77 Å². The Kier molecular flexibility index (Phi) is 6.12. The van der Waals surface area contributed by atoms with E-state index in [1.807, 2.05) is 28.5 Å². The summed E-state index contributed by atoms with van der Waals surface area (Å²) in [5, 5.41) is 4.57. The molecule has 0 saturated carbocycles. The van der Waals surface area contributed by atoms with Crippen molar-refractivity contribution in [2.24, 2.45) is 0 Å². The number of esters is 1. The molecular weight excluding hydrogens is 316 g/mol. The van der Waals surface area contributed by atoms with Gasteiger partial charge in [0.1, 0.15) is 0 Å². The van der Waals surface area contributed by atoms with Gasteiger partial charge >= 0.3 is 5.97 Å². The normalized spacial score (nSPS) is 11.1. The minimum atomic E-state index is -0.272. The lowest BCUT2D eigenvalue weighted by Crippen LogP contribution is -2.33. The van der Waals surface area contributed by atoms with Crippen LogP contribution in [0.15, 0.2) is 22.8 Å². The first-order chi connectivity index (χ1) is 11.1. The maximum atomic E-state index is 11.5. The second-order valence-corrected chi connectivity index (χ2v) is 5.46. The third-order valence-electron chi connectivity index (χ3n) is 3.43. The highest BCUT2D eigenvalue weighted by molar-refractivity contribution is 7.71. The Morgan fingerprint density at radius 3 is 2.83 bits per heavy atom. The molecule has 0 aliphatic heterocycles. The van der Waals surface area contributed by atoms with Gasteiger partial charge in [-0.25, -0.2) is 4.68 Å². The summed E-state index contributed by atoms with van der Waals surface area (Å²) in [6.07, 6.45) is 2.53. The molecule has 126 valence electrons. The van der Waals surface area contributed by atoms with E-state index in [2.05, 4.69) is 12.0 Å². The lowest BCUT2D eigenvalue weighted by molar-refractivity contribution is -0.142. The molecule has 0 saturated heterocycles. The summed E-state index contributed by atoms with van der Waals surface area (Å²) in [6.45, 7) is 6.16. The maximum Gasteiger partial charge on any atom is 0.319 e. The molecule has 2 aromatic heterocycles. The van der Waals surface area contributed by atoms with Crippen molar-refractivity contribution in [3.8, 4) is 11.6 Å². The molecular formula is C15H22N4O3S. The first-order valence-corrected chi connectivity index (χ1v) is 8.02. The van der Waals surface area contributed by atoms with Crippen molar-refractivity contribution in [1.82, 2.24) is 19.2 Å². The number of methoxy groups -OCH3 is 1. The first kappa shape index (κ1) is 17.4. The van der Waals surface area contributed by atoms with Crippen LogP contribution in [0.5, 0.6) is 0 Å². The smallest absolute Gasteiger partial charge is 0.319 e. The summed E-state index contributed by atoms with van der Waals surface area (Å²) >= 11 is 5.51. The zero-order valence-electron chi connectivity index (χ0n) is 13.7. The second-order valence-electron chi connectivity index (χ2n) is 5.10. The molecule has 0 atom stereocenters. The van der Waals surface area contributed by atoms with Gasteiger partial charge in [-0.3, -0.25) is 14.3 Å². The number of aromatic nitrogens is 3. The third-order valence-corrected chi connectivity index (χ3v) is 3.87. The van der Waals surface area contributed by atoms with Crippen molar-refractivity contribution in [2.75, 3.05) is 20.2 Å². The lowest BCUT2D eigenvalue weighted by Gasteiger charge is -2.19. The van der Waals surface area contributed by atoms with E-state index in [-0.39, 0.29) is 12.5 Å². The zero-order valence-corrected chi connectivity index (χ0v) is 14.5. The quantitative estimate of drug-likeness (QED) is 0.544. The van der Waals surface area contributed by atoms with Gasteiger partial charge in [-0.05, 0) is 37.7 Å². The van der Waals surface area contributed by atoms with Crippen molar-refractivity contribution in [2.45, 2.75) is 33.5 Å². The molecule has 7 nitrogen and oxygen atoms in total. The van der Waals surface area contributed by atoms with Gasteiger partial charge in [0, 0.05) is 13.1 Å². The summed E-state index contributed by atoms with van der Waals surface area (Å²) in [5.74, 6) is 1.09. The number of hydrogen-bond donors (Lipinski definition) is 0. The number of carbonyl (C=O) groups excluding carboxylic acids is 1. The van der Waals surface area contributed by atoms with Crippen molar-refractivity contribution >= 4 is 18.2 Å². The van der Waals surface area contributed by atoms with Crippen molar-refractivity contribution in [3.05, 3.63) is 23.2 Å². The Balaban J connectivity index is 2.28. The molecule has 0 bridgehead atoms. The van der Waals surface area contributed by atoms with E-state index in [0.29, 0.717) is 29.6 Å². The fourth-order valence-electron chi connectivity index (χ4n) is 2.36. The van der Waals surface area contributed by atoms with Crippen LogP contribution in [-0.2, 0) is 22.7 Å². The SMILES string of the molecule is CCCN(CC(=O)OC)Cn1nc(-c2ccco2)n(CC)c1=S. The molecule has 8 heteroatoms. The number of furan rings is 1. The fraction of sp³-hybridized carbons (Fsp3) is 0.533. The third kappa shape index (κ3) is 4.08. The standard InChI is InChI=1S/C15H22N4O3S/c1-4-8-17(10-13(20)21-3)11-19-15(23)18(5-2)14(16-19)12-7-6-9-22-12/h6-7,9H,4-5,8,10-11H2,1-3H3. The summed E-state index contributed by atoms with van der Waals surface area (Å²) in [5.41, 5.74) is 0. The van der Waals surface area contributed by atoms with E-state index in [1.165, 1.54) is 7.11 Å². The molecule has 0 fully saturated rings. The summed E-state index contributed by atoms with van der Waals surface area (Å²) in [4.78, 5) is 13.5. The predicted molar refractivity (Wildman–Crippen MR) is 88.3 cm³/mol. The van der Waals surface area contributed by atoms with Gasteiger partial charge < -0.3 is 9.15 Å². The number of nitrogens with zero attached hydrogens (tertiary/aromatic N) is 4. The van der Waals surface area contributed by atoms with Crippen molar-refractivity contribution in [1.29, 1.82) is 0 Å². The molecule has 23 heavy (non-hydrogen) atoms. The average molecular weight is 338 g/mol. The Bertz CT molecular complexity index is 690. The van der Waals surface area contributed by atoms with Crippen LogP contribution in [0.3, 0.4) is 0 Å². The van der Waals surface area contributed by atoms with E-state index in [4.69, 9.17) is 21.4 Å². The summed E-state index contributed by atoms with van der Waals surface area (Å²) < 4.78 is 14.4. The lowest BCUT2D eigenvalue weighted by atomic mass is 10.4. The number of carbonyl (C=O) groups is 1. The molecule has 0 unspecified atom stereocenters. The molecule has 0 N–H and O–H groups in total. The van der Waals surface area contributed by atoms with E-state index in [0.717, 1.165) is 13.0 Å². The minimum Gasteiger partial charge on any atom is -0.468 e. The van der Waals surface area contributed by atoms with E-state index < -0.39 is 0 Å². The molecule has 2 heterocycles. The van der Waals surface area contributed by atoms with E-state index >= 15 is 0 Å². The second kappa shape index (κ2) is 8.07. The predicted octanol–water partition coefficient (Wildman–Crippen LogP) is 2.54. The van der Waals surface area contributed by atoms with Crippen molar-refractivity contribution in [3.63, 3.8) is 0 Å². The van der Waals surface area contributed by atoms with Gasteiger partial charge in [-0.15, -0.1) is 5.10 Å². The van der Waals surface area contributed by atoms with E-state index in [1.54, 1.807) is 10.9 Å². The van der Waals surface area contributed by atoms with Crippen LogP contribution >= 0.6 is 12.2 Å². The Labute approximate surface area is 140 Å². The number of hydrogen-bond acceptors (Lipinski definition) is 6. The molecule has 0 aliphatic carbocycles. The highest BCUT2D eigenvalue weighted by Crippen LogP contribution is 2.19. The van der Waals surface area contributed by atoms with Gasteiger partial charge in [-0.1, -0.05) is 6.92 Å². The van der Waals surface area contributed by atoms with Crippen LogP contribution in [0.1, 0.15) is 20.3 Å². The van der Waals surface area contributed by atoms with Crippen molar-refractivity contribution < 1.29 is 13.9 Å². The van der Waals surface area contributed by atoms with E-state index in [9.17, 15) is 4.79 Å². The Morgan fingerprint density at radius 1 is 1.48 bits per heavy atom. The largest absolute Gasteiger partial charge is 0.468 e. The monoisotopic (exact) mass is 338 g/mol. The molecule has 0 amide bonds. The average Bonchev–Trinajstić information content (AvgIpc) is 3.16. The first-order valence-electron chi connectivity index (χ1n) is 7.61. The van der Waals surface area contributed by atoms with Crippen LogP contribution in [0.2, 0.25) is 0 Å². The van der Waals surface area contributed by atoms with Crippen LogP contribution in [0.4, 0.5) is 0 Å². The Hall–Kier alpha value is -1.93. The number of rotatable bonds is 8. The minimum absolute atomic E-state index is 0.210. The summed E-state index contributed by atoms with van der Waals surface area (Å²) in [7, 11) is 1.39. The zero-order chi connectivity index (χ0) is 16.8. The topological polar surface area (TPSA) is 65.4 Å². The molecule has 0 spiro atoms. The molecule has 0 aliphatic rings.